The van der Waals surface area contributed by atoms with Gasteiger partial charge in [0.25, 0.3) is 5.91 Å². The quantitative estimate of drug-likeness (QED) is 0.124. The van der Waals surface area contributed by atoms with Gasteiger partial charge in [0.05, 0.1) is 23.8 Å². The lowest BCUT2D eigenvalue weighted by Gasteiger charge is -2.17. The zero-order valence-corrected chi connectivity index (χ0v) is 24.9. The molecule has 5 aromatic rings. The second kappa shape index (κ2) is 13.1. The fraction of sp³-hybridized carbons (Fsp3) is 0.182. The molecule has 44 heavy (non-hydrogen) atoms. The van der Waals surface area contributed by atoms with E-state index in [4.69, 9.17) is 9.47 Å². The molecule has 11 heteroatoms. The summed E-state index contributed by atoms with van der Waals surface area (Å²) in [5, 5.41) is 7.15. The second-order valence-electron chi connectivity index (χ2n) is 10.1. The summed E-state index contributed by atoms with van der Waals surface area (Å²) in [5.74, 6) is -0.116. The van der Waals surface area contributed by atoms with Crippen LogP contribution in [0.3, 0.4) is 0 Å². The lowest BCUT2D eigenvalue weighted by atomic mass is 10.1. The lowest BCUT2D eigenvalue weighted by molar-refractivity contribution is -0.126. The Labute approximate surface area is 254 Å². The number of imidazole rings is 1. The summed E-state index contributed by atoms with van der Waals surface area (Å²) in [7, 11) is 1.90. The summed E-state index contributed by atoms with van der Waals surface area (Å²) in [5.41, 5.74) is 3.47. The van der Waals surface area contributed by atoms with Crippen molar-refractivity contribution in [2.45, 2.75) is 27.4 Å². The molecular formula is C33H32N6O5. The molecule has 224 valence electrons. The molecule has 3 heterocycles. The maximum atomic E-state index is 13.2. The number of ether oxygens (including phenoxy) is 2. The first-order chi connectivity index (χ1) is 21.2. The smallest absolute Gasteiger partial charge is 0.260 e. The third-order valence-electron chi connectivity index (χ3n) is 6.78. The highest BCUT2D eigenvalue weighted by Gasteiger charge is 2.19. The van der Waals surface area contributed by atoms with Gasteiger partial charge in [0, 0.05) is 56.4 Å². The normalized spacial score (nSPS) is 11.3. The van der Waals surface area contributed by atoms with Gasteiger partial charge in [-0.2, -0.15) is 5.10 Å². The van der Waals surface area contributed by atoms with Gasteiger partial charge in [0.2, 0.25) is 5.91 Å². The molecule has 0 atom stereocenters. The molecule has 0 aliphatic heterocycles. The zero-order chi connectivity index (χ0) is 31.2. The first-order valence-corrected chi connectivity index (χ1v) is 14.0. The van der Waals surface area contributed by atoms with Crippen LogP contribution in [0, 0.1) is 0 Å². The van der Waals surface area contributed by atoms with Crippen molar-refractivity contribution in [3.05, 3.63) is 103 Å². The summed E-state index contributed by atoms with van der Waals surface area (Å²) in [6.07, 6.45) is 8.46. The van der Waals surface area contributed by atoms with Gasteiger partial charge in [-0.1, -0.05) is 30.3 Å². The Hall–Kier alpha value is -5.71. The number of aryl methyl sites for hydroxylation is 1. The van der Waals surface area contributed by atoms with Crippen molar-refractivity contribution in [1.82, 2.24) is 24.1 Å². The number of amides is 2. The second-order valence-corrected chi connectivity index (χ2v) is 10.1. The monoisotopic (exact) mass is 592 g/mol. The summed E-state index contributed by atoms with van der Waals surface area (Å²) < 4.78 is 16.2. The van der Waals surface area contributed by atoms with E-state index in [0.717, 1.165) is 22.3 Å². The van der Waals surface area contributed by atoms with Gasteiger partial charge in [0.15, 0.2) is 23.0 Å². The van der Waals surface area contributed by atoms with E-state index >= 15 is 0 Å². The highest BCUT2D eigenvalue weighted by molar-refractivity contribution is 6.22. The summed E-state index contributed by atoms with van der Waals surface area (Å²) in [6.45, 7) is 4.96. The topological polar surface area (TPSA) is 120 Å². The number of hydrogen-bond donors (Lipinski definition) is 1. The van der Waals surface area contributed by atoms with Crippen LogP contribution in [0.25, 0.3) is 16.8 Å². The molecule has 0 spiro atoms. The fourth-order valence-electron chi connectivity index (χ4n) is 4.49. The van der Waals surface area contributed by atoms with Gasteiger partial charge in [0.1, 0.15) is 12.1 Å². The number of carbonyl (C=O) groups excluding carboxylic acids is 3. The van der Waals surface area contributed by atoms with Crippen LogP contribution in [-0.4, -0.2) is 48.2 Å². The highest BCUT2D eigenvalue weighted by atomic mass is 16.5. The van der Waals surface area contributed by atoms with Gasteiger partial charge in [-0.3, -0.25) is 14.4 Å². The molecule has 0 saturated heterocycles. The molecule has 11 nitrogen and oxygen atoms in total. The number of hydrogen-bond acceptors (Lipinski definition) is 7. The van der Waals surface area contributed by atoms with Crippen LogP contribution < -0.4 is 14.8 Å². The number of nitrogens with one attached hydrogen (secondary N) is 1. The number of aromatic nitrogens is 4. The highest BCUT2D eigenvalue weighted by Crippen LogP contribution is 2.38. The average Bonchev–Trinajstić information content (AvgIpc) is 3.67. The van der Waals surface area contributed by atoms with Gasteiger partial charge in [-0.25, -0.2) is 9.50 Å². The Morgan fingerprint density at radius 3 is 2.45 bits per heavy atom. The molecule has 0 aliphatic rings. The first-order valence-electron chi connectivity index (χ1n) is 14.0. The third kappa shape index (κ3) is 6.84. The van der Waals surface area contributed by atoms with E-state index in [2.05, 4.69) is 15.4 Å². The Morgan fingerprint density at radius 2 is 1.77 bits per heavy atom. The average molecular weight is 593 g/mol. The van der Waals surface area contributed by atoms with Gasteiger partial charge < -0.3 is 24.3 Å². The van der Waals surface area contributed by atoms with Crippen LogP contribution in [-0.2, 0) is 28.0 Å². The van der Waals surface area contributed by atoms with E-state index in [1.54, 1.807) is 42.2 Å². The minimum atomic E-state index is -0.649. The number of ketones is 1. The van der Waals surface area contributed by atoms with Crippen molar-refractivity contribution in [3.63, 3.8) is 0 Å². The zero-order valence-electron chi connectivity index (χ0n) is 24.9. The number of Topliss-reactive ketones (excluding diaryl/α,β-unsaturated/α-hetero) is 1. The van der Waals surface area contributed by atoms with E-state index < -0.39 is 11.7 Å². The van der Waals surface area contributed by atoms with Crippen LogP contribution in [0.4, 0.5) is 5.69 Å². The number of carbonyl (C=O) groups is 3. The van der Waals surface area contributed by atoms with E-state index in [-0.39, 0.29) is 18.1 Å². The third-order valence-corrected chi connectivity index (χ3v) is 6.78. The van der Waals surface area contributed by atoms with Crippen LogP contribution in [0.15, 0.2) is 97.4 Å². The van der Waals surface area contributed by atoms with E-state index in [9.17, 15) is 14.4 Å². The van der Waals surface area contributed by atoms with Crippen LogP contribution >= 0.6 is 0 Å². The maximum Gasteiger partial charge on any atom is 0.260 e. The van der Waals surface area contributed by atoms with E-state index in [1.807, 2.05) is 66.5 Å². The molecule has 0 radical (unpaired) electrons. The number of nitrogens with zero attached hydrogens (tertiary/aromatic N) is 5. The Morgan fingerprint density at radius 1 is 0.977 bits per heavy atom. The van der Waals surface area contributed by atoms with Gasteiger partial charge in [-0.15, -0.1) is 0 Å². The minimum Gasteiger partial charge on any atom is -0.485 e. The minimum absolute atomic E-state index is 0.149. The number of fused-ring (bicyclic) bond motifs is 1. The number of anilines is 1. The fourth-order valence-corrected chi connectivity index (χ4v) is 4.49. The van der Waals surface area contributed by atoms with Crippen molar-refractivity contribution in [1.29, 1.82) is 0 Å². The summed E-state index contributed by atoms with van der Waals surface area (Å²) in [4.78, 5) is 43.1. The Kier molecular flexibility index (Phi) is 8.85. The van der Waals surface area contributed by atoms with Crippen LogP contribution in [0.5, 0.6) is 17.2 Å². The number of rotatable bonds is 11. The van der Waals surface area contributed by atoms with Gasteiger partial charge >= 0.3 is 0 Å². The SMILES string of the molecule is CCN(/C=C(\C(C)=O)C(=O)Nc1ccc(Oc2cc(-c3cn(C)cn3)cn3nccc23)c(OCc2ccccc2)c1)C(C)=O. The molecule has 2 amide bonds. The first kappa shape index (κ1) is 29.8. The predicted octanol–water partition coefficient (Wildman–Crippen LogP) is 5.39. The van der Waals surface area contributed by atoms with Crippen LogP contribution in [0.1, 0.15) is 26.3 Å². The molecule has 0 fully saturated rings. The molecule has 5 rings (SSSR count). The predicted molar refractivity (Wildman–Crippen MR) is 165 cm³/mol. The van der Waals surface area contributed by atoms with Crippen molar-refractivity contribution >= 4 is 28.8 Å². The van der Waals surface area contributed by atoms with Gasteiger partial charge in [-0.05, 0) is 43.7 Å². The number of pyridine rings is 1. The lowest BCUT2D eigenvalue weighted by Crippen LogP contribution is -2.27. The molecule has 1 N–H and O–H groups in total. The summed E-state index contributed by atoms with van der Waals surface area (Å²) >= 11 is 0. The van der Waals surface area contributed by atoms with Crippen molar-refractivity contribution in [2.24, 2.45) is 7.05 Å². The summed E-state index contributed by atoms with van der Waals surface area (Å²) in [6, 6.07) is 18.3. The molecular weight excluding hydrogens is 560 g/mol. The van der Waals surface area contributed by atoms with Crippen molar-refractivity contribution < 1.29 is 23.9 Å². The Bertz CT molecular complexity index is 1860. The molecule has 0 aliphatic carbocycles. The molecule has 3 aromatic heterocycles. The molecule has 0 saturated carbocycles. The largest absolute Gasteiger partial charge is 0.485 e. The molecule has 2 aromatic carbocycles. The Balaban J connectivity index is 1.49. The van der Waals surface area contributed by atoms with Crippen molar-refractivity contribution in [2.75, 3.05) is 11.9 Å². The molecule has 0 bridgehead atoms. The van der Waals surface area contributed by atoms with Crippen LogP contribution in [0.2, 0.25) is 0 Å². The number of benzene rings is 2. The van der Waals surface area contributed by atoms with E-state index in [0.29, 0.717) is 29.5 Å². The maximum absolute atomic E-state index is 13.2. The molecule has 0 unspecified atom stereocenters. The standard InChI is InChI=1S/C33H32N6O5/c1-5-38(23(3)41)18-27(22(2)40)33(42)36-26-11-12-30(32(16-26)43-20-24-9-7-6-8-10-24)44-31-15-25(28-19-37(4)21-34-28)17-39-29(31)13-14-35-39/h6-19,21H,5,20H2,1-4H3,(H,36,42)/b27-18+. The van der Waals surface area contributed by atoms with E-state index in [1.165, 1.54) is 24.9 Å². The van der Waals surface area contributed by atoms with Crippen molar-refractivity contribution in [3.8, 4) is 28.5 Å².